The number of nitrogens with zero attached hydrogens (tertiary/aromatic N) is 1. The van der Waals surface area contributed by atoms with E-state index in [1.165, 1.54) is 24.3 Å². The zero-order valence-corrected chi connectivity index (χ0v) is 10.5. The number of carboxylic acids is 1. The van der Waals surface area contributed by atoms with Gasteiger partial charge in [0.1, 0.15) is 6.04 Å². The number of carbonyl (C=O) groups excluding carboxylic acids is 1. The third kappa shape index (κ3) is 4.65. The molecule has 0 aliphatic heterocycles. The number of rotatable bonds is 7. The number of nitrogens with one attached hydrogen (secondary N) is 1. The number of aliphatic hydroxyl groups is 1. The van der Waals surface area contributed by atoms with E-state index in [0.29, 0.717) is 5.56 Å². The average Bonchev–Trinajstić information content (AvgIpc) is 2.38. The van der Waals surface area contributed by atoms with Gasteiger partial charge in [0.05, 0.1) is 11.3 Å². The number of aliphatic carboxylic acids is 1. The molecule has 0 radical (unpaired) electrons. The molecule has 0 fully saturated rings. The normalized spacial score (nSPS) is 11.7. The number of non-ortho nitro benzene ring substituents is 1. The molecular formula is C12H14N2O6. The van der Waals surface area contributed by atoms with Gasteiger partial charge in [-0.05, 0) is 5.56 Å². The van der Waals surface area contributed by atoms with Crippen LogP contribution in [0, 0.1) is 10.1 Å². The maximum Gasteiger partial charge on any atom is 0.326 e. The minimum Gasteiger partial charge on any atom is -0.480 e. The van der Waals surface area contributed by atoms with E-state index in [4.69, 9.17) is 10.2 Å². The van der Waals surface area contributed by atoms with Crippen LogP contribution in [0.2, 0.25) is 0 Å². The molecule has 0 saturated heterocycles. The molecule has 8 nitrogen and oxygen atoms in total. The summed E-state index contributed by atoms with van der Waals surface area (Å²) in [5.74, 6) is -1.82. The van der Waals surface area contributed by atoms with Gasteiger partial charge in [-0.25, -0.2) is 4.79 Å². The number of amides is 1. The Kier molecular flexibility index (Phi) is 5.60. The molecule has 0 aliphatic rings. The Hall–Kier alpha value is -2.48. The lowest BCUT2D eigenvalue weighted by molar-refractivity contribution is -0.384. The fourth-order valence-electron chi connectivity index (χ4n) is 1.60. The van der Waals surface area contributed by atoms with Crippen LogP contribution in [0.25, 0.3) is 0 Å². The summed E-state index contributed by atoms with van der Waals surface area (Å²) in [4.78, 5) is 32.5. The van der Waals surface area contributed by atoms with Crippen molar-refractivity contribution < 1.29 is 24.7 Å². The van der Waals surface area contributed by atoms with Crippen molar-refractivity contribution in [3.63, 3.8) is 0 Å². The van der Waals surface area contributed by atoms with E-state index in [1.54, 1.807) is 0 Å². The van der Waals surface area contributed by atoms with Crippen molar-refractivity contribution >= 4 is 17.6 Å². The number of aliphatic hydroxyl groups excluding tert-OH is 1. The molecule has 0 unspecified atom stereocenters. The van der Waals surface area contributed by atoms with Crippen LogP contribution in [0.15, 0.2) is 24.3 Å². The Balaban J connectivity index is 2.68. The van der Waals surface area contributed by atoms with Crippen molar-refractivity contribution in [2.45, 2.75) is 18.9 Å². The molecule has 0 spiro atoms. The number of carbonyl (C=O) groups is 2. The van der Waals surface area contributed by atoms with E-state index in [1.807, 2.05) is 0 Å². The maximum absolute atomic E-state index is 11.7. The summed E-state index contributed by atoms with van der Waals surface area (Å²) in [7, 11) is 0. The lowest BCUT2D eigenvalue weighted by Gasteiger charge is -2.13. The first kappa shape index (κ1) is 15.6. The first-order valence-electron chi connectivity index (χ1n) is 5.80. The Labute approximate surface area is 114 Å². The Morgan fingerprint density at radius 1 is 1.40 bits per heavy atom. The first-order valence-corrected chi connectivity index (χ1v) is 5.80. The monoisotopic (exact) mass is 282 g/mol. The second kappa shape index (κ2) is 7.19. The van der Waals surface area contributed by atoms with Crippen LogP contribution in [-0.4, -0.2) is 39.7 Å². The highest BCUT2D eigenvalue weighted by Crippen LogP contribution is 2.13. The van der Waals surface area contributed by atoms with E-state index >= 15 is 0 Å². The van der Waals surface area contributed by atoms with Crippen LogP contribution >= 0.6 is 0 Å². The fraction of sp³-hybridized carbons (Fsp3) is 0.333. The number of carboxylic acid groups (broad SMARTS) is 1. The molecule has 0 aromatic heterocycles. The summed E-state index contributed by atoms with van der Waals surface area (Å²) < 4.78 is 0. The minimum atomic E-state index is -1.24. The molecule has 0 aliphatic carbocycles. The highest BCUT2D eigenvalue weighted by Gasteiger charge is 2.19. The van der Waals surface area contributed by atoms with Crippen molar-refractivity contribution in [1.82, 2.24) is 5.32 Å². The maximum atomic E-state index is 11.7. The number of nitro benzene ring substituents is 1. The van der Waals surface area contributed by atoms with Crippen LogP contribution in [0.1, 0.15) is 12.0 Å². The minimum absolute atomic E-state index is 0.101. The summed E-state index contributed by atoms with van der Waals surface area (Å²) in [6.45, 7) is -0.367. The van der Waals surface area contributed by atoms with Gasteiger partial charge in [0.2, 0.25) is 5.91 Å². The molecule has 0 heterocycles. The fourth-order valence-corrected chi connectivity index (χ4v) is 1.60. The van der Waals surface area contributed by atoms with Crippen LogP contribution < -0.4 is 5.32 Å². The second-order valence-electron chi connectivity index (χ2n) is 4.07. The second-order valence-corrected chi connectivity index (χ2v) is 4.07. The number of benzene rings is 1. The molecule has 108 valence electrons. The molecule has 20 heavy (non-hydrogen) atoms. The van der Waals surface area contributed by atoms with Crippen LogP contribution in [0.5, 0.6) is 0 Å². The Morgan fingerprint density at radius 2 is 2.10 bits per heavy atom. The van der Waals surface area contributed by atoms with E-state index in [-0.39, 0.29) is 25.1 Å². The van der Waals surface area contributed by atoms with Gasteiger partial charge in [-0.2, -0.15) is 0 Å². The van der Waals surface area contributed by atoms with Crippen molar-refractivity contribution in [2.75, 3.05) is 6.61 Å². The van der Waals surface area contributed by atoms with Gasteiger partial charge in [-0.1, -0.05) is 12.1 Å². The smallest absolute Gasteiger partial charge is 0.326 e. The standard InChI is InChI=1S/C12H14N2O6/c15-5-4-10(12(17)18)13-11(16)7-8-2-1-3-9(6-8)14(19)20/h1-3,6,10,15H,4-5,7H2,(H,13,16)(H,17,18)/t10-/m1/s1. The van der Waals surface area contributed by atoms with Gasteiger partial charge in [-0.15, -0.1) is 0 Å². The lowest BCUT2D eigenvalue weighted by atomic mass is 10.1. The molecule has 0 bridgehead atoms. The van der Waals surface area contributed by atoms with Crippen LogP contribution in [0.3, 0.4) is 0 Å². The molecule has 3 N–H and O–H groups in total. The van der Waals surface area contributed by atoms with Gasteiger partial charge >= 0.3 is 5.97 Å². The number of hydrogen-bond acceptors (Lipinski definition) is 5. The van der Waals surface area contributed by atoms with Crippen molar-refractivity contribution in [3.8, 4) is 0 Å². The SMILES string of the molecule is O=C(Cc1cccc([N+](=O)[O-])c1)N[C@H](CCO)C(=O)O. The molecule has 1 rings (SSSR count). The Morgan fingerprint density at radius 3 is 2.65 bits per heavy atom. The summed E-state index contributed by atoms with van der Waals surface area (Å²) in [5, 5.41) is 30.4. The summed E-state index contributed by atoms with van der Waals surface area (Å²) in [6, 6.07) is 4.36. The predicted molar refractivity (Wildman–Crippen MR) is 68.1 cm³/mol. The predicted octanol–water partition coefficient (Wildman–Crippen LogP) is 0.0891. The number of hydrogen-bond donors (Lipinski definition) is 3. The average molecular weight is 282 g/mol. The van der Waals surface area contributed by atoms with Crippen LogP contribution in [0.4, 0.5) is 5.69 Å². The highest BCUT2D eigenvalue weighted by atomic mass is 16.6. The molecule has 1 aromatic rings. The van der Waals surface area contributed by atoms with E-state index < -0.39 is 22.8 Å². The molecule has 0 saturated carbocycles. The third-order valence-electron chi connectivity index (χ3n) is 2.54. The zero-order valence-electron chi connectivity index (χ0n) is 10.5. The lowest BCUT2D eigenvalue weighted by Crippen LogP contribution is -2.42. The third-order valence-corrected chi connectivity index (χ3v) is 2.54. The highest BCUT2D eigenvalue weighted by molar-refractivity contribution is 5.84. The quantitative estimate of drug-likeness (QED) is 0.480. The topological polar surface area (TPSA) is 130 Å². The van der Waals surface area contributed by atoms with E-state index in [0.717, 1.165) is 0 Å². The van der Waals surface area contributed by atoms with E-state index in [9.17, 15) is 19.7 Å². The van der Waals surface area contributed by atoms with Gasteiger partial charge in [-0.3, -0.25) is 14.9 Å². The van der Waals surface area contributed by atoms with Crippen molar-refractivity contribution in [2.24, 2.45) is 0 Å². The Bertz CT molecular complexity index is 516. The molecule has 1 aromatic carbocycles. The first-order chi connectivity index (χ1) is 9.43. The van der Waals surface area contributed by atoms with Gasteiger partial charge < -0.3 is 15.5 Å². The zero-order chi connectivity index (χ0) is 15.1. The molecular weight excluding hydrogens is 268 g/mol. The summed E-state index contributed by atoms with van der Waals surface area (Å²) in [6.07, 6.45) is -0.271. The molecule has 8 heteroatoms. The van der Waals surface area contributed by atoms with Gasteiger partial charge in [0.25, 0.3) is 5.69 Å². The number of nitro groups is 1. The van der Waals surface area contributed by atoms with Crippen molar-refractivity contribution in [1.29, 1.82) is 0 Å². The largest absolute Gasteiger partial charge is 0.480 e. The summed E-state index contributed by atoms with van der Waals surface area (Å²) >= 11 is 0. The molecule has 1 atom stereocenters. The van der Waals surface area contributed by atoms with Gasteiger partial charge in [0.15, 0.2) is 0 Å². The van der Waals surface area contributed by atoms with Crippen molar-refractivity contribution in [3.05, 3.63) is 39.9 Å². The van der Waals surface area contributed by atoms with Gasteiger partial charge in [0, 0.05) is 25.2 Å². The summed E-state index contributed by atoms with van der Waals surface area (Å²) in [5.41, 5.74) is 0.269. The molecule has 1 amide bonds. The van der Waals surface area contributed by atoms with E-state index in [2.05, 4.69) is 5.32 Å². The van der Waals surface area contributed by atoms with Crippen LogP contribution in [-0.2, 0) is 16.0 Å².